The SMILES string of the molecule is O=C([C@H]1C[C@H]1c1cccc(Cl)c1)N(Cc1ccccn1)C1CC1. The summed E-state index contributed by atoms with van der Waals surface area (Å²) in [6, 6.07) is 14.2. The maximum absolute atomic E-state index is 12.9. The number of rotatable bonds is 5. The Hall–Kier alpha value is -1.87. The van der Waals surface area contributed by atoms with Gasteiger partial charge in [-0.3, -0.25) is 9.78 Å². The summed E-state index contributed by atoms with van der Waals surface area (Å²) in [5.41, 5.74) is 2.15. The Morgan fingerprint density at radius 1 is 1.22 bits per heavy atom. The third-order valence-electron chi connectivity index (χ3n) is 4.71. The van der Waals surface area contributed by atoms with Crippen LogP contribution in [0.3, 0.4) is 0 Å². The van der Waals surface area contributed by atoms with Crippen molar-refractivity contribution >= 4 is 17.5 Å². The second-order valence-electron chi connectivity index (χ2n) is 6.52. The molecule has 1 aromatic heterocycles. The molecule has 1 heterocycles. The second-order valence-corrected chi connectivity index (χ2v) is 6.96. The molecule has 0 saturated heterocycles. The Morgan fingerprint density at radius 2 is 2.09 bits per heavy atom. The summed E-state index contributed by atoms with van der Waals surface area (Å²) in [4.78, 5) is 19.3. The predicted molar refractivity (Wildman–Crippen MR) is 90.1 cm³/mol. The lowest BCUT2D eigenvalue weighted by atomic mass is 10.1. The van der Waals surface area contributed by atoms with Gasteiger partial charge in [-0.15, -0.1) is 0 Å². The van der Waals surface area contributed by atoms with Crippen LogP contribution >= 0.6 is 11.6 Å². The van der Waals surface area contributed by atoms with Crippen molar-refractivity contribution < 1.29 is 4.79 Å². The molecule has 2 saturated carbocycles. The fraction of sp³-hybridized carbons (Fsp3) is 0.368. The van der Waals surface area contributed by atoms with Crippen molar-refractivity contribution in [1.82, 2.24) is 9.88 Å². The minimum Gasteiger partial charge on any atom is -0.334 e. The third-order valence-corrected chi connectivity index (χ3v) is 4.95. The summed E-state index contributed by atoms with van der Waals surface area (Å²) < 4.78 is 0. The van der Waals surface area contributed by atoms with Gasteiger partial charge in [0.05, 0.1) is 12.2 Å². The Labute approximate surface area is 141 Å². The number of hydrogen-bond donors (Lipinski definition) is 0. The van der Waals surface area contributed by atoms with Crippen LogP contribution in [-0.4, -0.2) is 21.8 Å². The Morgan fingerprint density at radius 3 is 2.78 bits per heavy atom. The van der Waals surface area contributed by atoms with Gasteiger partial charge in [0.1, 0.15) is 0 Å². The molecular formula is C19H19ClN2O. The molecule has 1 aromatic carbocycles. The highest BCUT2D eigenvalue weighted by atomic mass is 35.5. The first-order valence-electron chi connectivity index (χ1n) is 8.18. The number of aromatic nitrogens is 1. The van der Waals surface area contributed by atoms with Crippen molar-refractivity contribution in [3.63, 3.8) is 0 Å². The predicted octanol–water partition coefficient (Wildman–Crippen LogP) is 4.03. The van der Waals surface area contributed by atoms with Crippen LogP contribution in [0.5, 0.6) is 0 Å². The normalized spacial score (nSPS) is 22.7. The zero-order valence-electron chi connectivity index (χ0n) is 12.9. The Balaban J connectivity index is 1.47. The van der Waals surface area contributed by atoms with Gasteiger partial charge in [-0.2, -0.15) is 0 Å². The lowest BCUT2D eigenvalue weighted by Crippen LogP contribution is -2.34. The number of nitrogens with zero attached hydrogens (tertiary/aromatic N) is 2. The number of halogens is 1. The number of carbonyl (C=O) groups is 1. The average molecular weight is 327 g/mol. The molecule has 3 nitrogen and oxygen atoms in total. The van der Waals surface area contributed by atoms with E-state index in [-0.39, 0.29) is 11.8 Å². The highest BCUT2D eigenvalue weighted by Crippen LogP contribution is 2.50. The van der Waals surface area contributed by atoms with E-state index < -0.39 is 0 Å². The molecule has 4 heteroatoms. The smallest absolute Gasteiger partial charge is 0.226 e. The van der Waals surface area contributed by atoms with Crippen molar-refractivity contribution in [2.45, 2.75) is 37.8 Å². The standard InChI is InChI=1S/C19H19ClN2O/c20-14-5-3-4-13(10-14)17-11-18(17)19(23)22(16-7-8-16)12-15-6-1-2-9-21-15/h1-6,9-10,16-18H,7-8,11-12H2/t17-,18-/m0/s1. The van der Waals surface area contributed by atoms with Crippen LogP contribution in [0.2, 0.25) is 5.02 Å². The van der Waals surface area contributed by atoms with E-state index in [2.05, 4.69) is 11.1 Å². The molecule has 0 aliphatic heterocycles. The van der Waals surface area contributed by atoms with Crippen LogP contribution in [-0.2, 0) is 11.3 Å². The lowest BCUT2D eigenvalue weighted by molar-refractivity contribution is -0.134. The lowest BCUT2D eigenvalue weighted by Gasteiger charge is -2.22. The molecule has 2 aliphatic rings. The molecule has 2 aliphatic carbocycles. The van der Waals surface area contributed by atoms with Gasteiger partial charge in [-0.05, 0) is 55.0 Å². The molecule has 2 atom stereocenters. The molecule has 1 amide bonds. The molecular weight excluding hydrogens is 308 g/mol. The van der Waals surface area contributed by atoms with E-state index in [4.69, 9.17) is 11.6 Å². The van der Waals surface area contributed by atoms with Crippen LogP contribution < -0.4 is 0 Å². The molecule has 4 rings (SSSR count). The molecule has 0 unspecified atom stereocenters. The summed E-state index contributed by atoms with van der Waals surface area (Å²) >= 11 is 6.07. The monoisotopic (exact) mass is 326 g/mol. The largest absolute Gasteiger partial charge is 0.334 e. The zero-order valence-corrected chi connectivity index (χ0v) is 13.6. The van der Waals surface area contributed by atoms with Gasteiger partial charge in [-0.1, -0.05) is 29.8 Å². The first kappa shape index (κ1) is 14.7. The maximum atomic E-state index is 12.9. The van der Waals surface area contributed by atoms with Crippen LogP contribution in [0.1, 0.15) is 36.4 Å². The average Bonchev–Trinajstić information content (AvgIpc) is 3.47. The van der Waals surface area contributed by atoms with E-state index in [1.165, 1.54) is 5.56 Å². The summed E-state index contributed by atoms with van der Waals surface area (Å²) in [7, 11) is 0. The van der Waals surface area contributed by atoms with E-state index in [1.807, 2.05) is 41.3 Å². The molecule has 0 bridgehead atoms. The molecule has 118 valence electrons. The topological polar surface area (TPSA) is 33.2 Å². The minimum atomic E-state index is 0.109. The minimum absolute atomic E-state index is 0.109. The molecule has 0 N–H and O–H groups in total. The number of carbonyl (C=O) groups excluding carboxylic acids is 1. The first-order chi connectivity index (χ1) is 11.2. The van der Waals surface area contributed by atoms with E-state index in [0.717, 1.165) is 30.0 Å². The third kappa shape index (κ3) is 3.25. The van der Waals surface area contributed by atoms with E-state index in [1.54, 1.807) is 6.20 Å². The number of amides is 1. The fourth-order valence-electron chi connectivity index (χ4n) is 3.23. The van der Waals surface area contributed by atoms with E-state index in [0.29, 0.717) is 18.5 Å². The summed E-state index contributed by atoms with van der Waals surface area (Å²) in [6.07, 6.45) is 4.96. The maximum Gasteiger partial charge on any atom is 0.226 e. The Bertz CT molecular complexity index is 714. The number of benzene rings is 1. The molecule has 0 spiro atoms. The molecule has 2 aromatic rings. The zero-order chi connectivity index (χ0) is 15.8. The summed E-state index contributed by atoms with van der Waals surface area (Å²) in [5, 5.41) is 0.744. The van der Waals surface area contributed by atoms with Gasteiger partial charge < -0.3 is 4.90 Å². The number of hydrogen-bond acceptors (Lipinski definition) is 2. The van der Waals surface area contributed by atoms with Gasteiger partial charge in [0.25, 0.3) is 0 Å². The molecule has 2 fully saturated rings. The van der Waals surface area contributed by atoms with Crippen LogP contribution in [0, 0.1) is 5.92 Å². The second kappa shape index (κ2) is 5.97. The fourth-order valence-corrected chi connectivity index (χ4v) is 3.42. The highest BCUT2D eigenvalue weighted by Gasteiger charge is 2.48. The van der Waals surface area contributed by atoms with Crippen LogP contribution in [0.25, 0.3) is 0 Å². The van der Waals surface area contributed by atoms with Gasteiger partial charge in [0, 0.05) is 23.2 Å². The first-order valence-corrected chi connectivity index (χ1v) is 8.56. The van der Waals surface area contributed by atoms with Crippen molar-refractivity contribution in [2.24, 2.45) is 5.92 Å². The molecule has 0 radical (unpaired) electrons. The van der Waals surface area contributed by atoms with Crippen molar-refractivity contribution in [1.29, 1.82) is 0 Å². The Kier molecular flexibility index (Phi) is 3.82. The molecule has 23 heavy (non-hydrogen) atoms. The van der Waals surface area contributed by atoms with E-state index in [9.17, 15) is 4.79 Å². The van der Waals surface area contributed by atoms with E-state index >= 15 is 0 Å². The van der Waals surface area contributed by atoms with Gasteiger partial charge in [0.15, 0.2) is 0 Å². The van der Waals surface area contributed by atoms with Crippen molar-refractivity contribution in [3.05, 3.63) is 64.9 Å². The quantitative estimate of drug-likeness (QED) is 0.831. The van der Waals surface area contributed by atoms with Gasteiger partial charge in [-0.25, -0.2) is 0 Å². The number of pyridine rings is 1. The van der Waals surface area contributed by atoms with Crippen LogP contribution in [0.15, 0.2) is 48.7 Å². The van der Waals surface area contributed by atoms with Crippen LogP contribution in [0.4, 0.5) is 0 Å². The van der Waals surface area contributed by atoms with Gasteiger partial charge >= 0.3 is 0 Å². The van der Waals surface area contributed by atoms with Crippen molar-refractivity contribution in [3.8, 4) is 0 Å². The van der Waals surface area contributed by atoms with Gasteiger partial charge in [0.2, 0.25) is 5.91 Å². The highest BCUT2D eigenvalue weighted by molar-refractivity contribution is 6.30. The van der Waals surface area contributed by atoms with Crippen molar-refractivity contribution in [2.75, 3.05) is 0 Å². The summed E-state index contributed by atoms with van der Waals surface area (Å²) in [6.45, 7) is 0.628. The summed E-state index contributed by atoms with van der Waals surface area (Å²) in [5.74, 6) is 0.715.